The molecule has 0 aliphatic heterocycles. The van der Waals surface area contributed by atoms with Crippen LogP contribution in [-0.4, -0.2) is 8.42 Å². The van der Waals surface area contributed by atoms with E-state index >= 15 is 0 Å². The number of benzene rings is 2. The Kier molecular flexibility index (Phi) is 3.82. The highest BCUT2D eigenvalue weighted by molar-refractivity contribution is 9.10. The molecule has 0 atom stereocenters. The first-order valence-corrected chi connectivity index (χ1v) is 7.80. The molecule has 0 fully saturated rings. The molecule has 19 heavy (non-hydrogen) atoms. The molecular weight excluding hydrogens is 328 g/mol. The highest BCUT2D eigenvalue weighted by Crippen LogP contribution is 2.24. The maximum Gasteiger partial charge on any atom is 0.262 e. The van der Waals surface area contributed by atoms with Gasteiger partial charge in [0.05, 0.1) is 16.3 Å². The van der Waals surface area contributed by atoms with E-state index in [2.05, 4.69) is 20.7 Å². The Bertz CT molecular complexity index is 714. The number of hydrogen-bond acceptors (Lipinski definition) is 3. The topological polar surface area (TPSA) is 72.2 Å². The number of halogens is 1. The van der Waals surface area contributed by atoms with Gasteiger partial charge in [-0.3, -0.25) is 4.72 Å². The zero-order valence-corrected chi connectivity index (χ0v) is 12.6. The van der Waals surface area contributed by atoms with Crippen LogP contribution in [0, 0.1) is 6.92 Å². The van der Waals surface area contributed by atoms with E-state index < -0.39 is 10.0 Å². The SMILES string of the molecule is Cc1ccc(N)c(NS(=O)(=O)c2cccc(Br)c2)c1. The number of anilines is 2. The van der Waals surface area contributed by atoms with Crippen LogP contribution in [0.15, 0.2) is 51.8 Å². The molecule has 0 aliphatic carbocycles. The van der Waals surface area contributed by atoms with Crippen molar-refractivity contribution in [2.45, 2.75) is 11.8 Å². The average Bonchev–Trinajstić information content (AvgIpc) is 2.33. The van der Waals surface area contributed by atoms with Gasteiger partial charge in [0.25, 0.3) is 10.0 Å². The molecule has 0 saturated carbocycles. The second-order valence-electron chi connectivity index (χ2n) is 4.15. The molecule has 0 bridgehead atoms. The summed E-state index contributed by atoms with van der Waals surface area (Å²) in [5, 5.41) is 0. The molecule has 0 aromatic heterocycles. The van der Waals surface area contributed by atoms with E-state index in [-0.39, 0.29) is 4.90 Å². The number of rotatable bonds is 3. The molecule has 2 rings (SSSR count). The minimum absolute atomic E-state index is 0.183. The third kappa shape index (κ3) is 3.27. The number of nitrogens with one attached hydrogen (secondary N) is 1. The summed E-state index contributed by atoms with van der Waals surface area (Å²) >= 11 is 3.25. The number of sulfonamides is 1. The summed E-state index contributed by atoms with van der Waals surface area (Å²) < 4.78 is 27.7. The molecule has 0 unspecified atom stereocenters. The monoisotopic (exact) mass is 340 g/mol. The van der Waals surface area contributed by atoms with E-state index in [1.807, 2.05) is 13.0 Å². The highest BCUT2D eigenvalue weighted by Gasteiger charge is 2.15. The molecule has 0 saturated heterocycles. The zero-order valence-electron chi connectivity index (χ0n) is 10.2. The van der Waals surface area contributed by atoms with Crippen LogP contribution in [0.4, 0.5) is 11.4 Å². The van der Waals surface area contributed by atoms with Gasteiger partial charge in [-0.2, -0.15) is 0 Å². The Hall–Kier alpha value is -1.53. The van der Waals surface area contributed by atoms with Gasteiger partial charge in [0.1, 0.15) is 0 Å². The lowest BCUT2D eigenvalue weighted by Crippen LogP contribution is -2.14. The van der Waals surface area contributed by atoms with Crippen molar-refractivity contribution in [1.29, 1.82) is 0 Å². The molecule has 0 aliphatic rings. The fraction of sp³-hybridized carbons (Fsp3) is 0.0769. The van der Waals surface area contributed by atoms with E-state index in [1.165, 1.54) is 12.1 Å². The largest absolute Gasteiger partial charge is 0.397 e. The molecule has 2 aromatic carbocycles. The van der Waals surface area contributed by atoms with Gasteiger partial charge in [0.2, 0.25) is 0 Å². The van der Waals surface area contributed by atoms with E-state index in [9.17, 15) is 8.42 Å². The second kappa shape index (κ2) is 5.22. The van der Waals surface area contributed by atoms with Crippen LogP contribution < -0.4 is 10.5 Å². The van der Waals surface area contributed by atoms with E-state index in [4.69, 9.17) is 5.73 Å². The number of nitrogen functional groups attached to an aromatic ring is 1. The lowest BCUT2D eigenvalue weighted by molar-refractivity contribution is 0.601. The third-order valence-electron chi connectivity index (χ3n) is 2.56. The van der Waals surface area contributed by atoms with Crippen LogP contribution >= 0.6 is 15.9 Å². The molecule has 0 spiro atoms. The molecule has 100 valence electrons. The predicted molar refractivity (Wildman–Crippen MR) is 80.5 cm³/mol. The minimum Gasteiger partial charge on any atom is -0.397 e. The molecule has 0 amide bonds. The van der Waals surface area contributed by atoms with Gasteiger partial charge in [0.15, 0.2) is 0 Å². The summed E-state index contributed by atoms with van der Waals surface area (Å²) in [6.07, 6.45) is 0. The highest BCUT2D eigenvalue weighted by atomic mass is 79.9. The number of hydrogen-bond donors (Lipinski definition) is 2. The molecule has 0 heterocycles. The zero-order chi connectivity index (χ0) is 14.0. The summed E-state index contributed by atoms with van der Waals surface area (Å²) in [4.78, 5) is 0.183. The van der Waals surface area contributed by atoms with E-state index in [0.717, 1.165) is 5.56 Å². The van der Waals surface area contributed by atoms with Crippen molar-refractivity contribution in [2.75, 3.05) is 10.5 Å². The van der Waals surface area contributed by atoms with Gasteiger partial charge in [0, 0.05) is 4.47 Å². The van der Waals surface area contributed by atoms with Crippen molar-refractivity contribution < 1.29 is 8.42 Å². The van der Waals surface area contributed by atoms with E-state index in [1.54, 1.807) is 24.3 Å². The summed E-state index contributed by atoms with van der Waals surface area (Å²) in [6, 6.07) is 11.7. The molecule has 6 heteroatoms. The number of aryl methyl sites for hydroxylation is 1. The van der Waals surface area contributed by atoms with Gasteiger partial charge in [-0.25, -0.2) is 8.42 Å². The smallest absolute Gasteiger partial charge is 0.262 e. The Labute approximate surface area is 120 Å². The first kappa shape index (κ1) is 13.9. The summed E-state index contributed by atoms with van der Waals surface area (Å²) in [6.45, 7) is 1.87. The van der Waals surface area contributed by atoms with Gasteiger partial charge >= 0.3 is 0 Å². The van der Waals surface area contributed by atoms with Crippen molar-refractivity contribution in [3.05, 3.63) is 52.5 Å². The Balaban J connectivity index is 2.39. The lowest BCUT2D eigenvalue weighted by atomic mass is 10.2. The standard InChI is InChI=1S/C13H13BrN2O2S/c1-9-5-6-12(15)13(7-9)16-19(17,18)11-4-2-3-10(14)8-11/h2-8,16H,15H2,1H3. The molecule has 4 nitrogen and oxygen atoms in total. The average molecular weight is 341 g/mol. The molecule has 2 aromatic rings. The predicted octanol–water partition coefficient (Wildman–Crippen LogP) is 3.14. The van der Waals surface area contributed by atoms with Crippen LogP contribution in [0.5, 0.6) is 0 Å². The van der Waals surface area contributed by atoms with Crippen molar-refractivity contribution in [3.63, 3.8) is 0 Å². The second-order valence-corrected chi connectivity index (χ2v) is 6.75. The third-order valence-corrected chi connectivity index (χ3v) is 4.42. The first-order valence-electron chi connectivity index (χ1n) is 5.53. The van der Waals surface area contributed by atoms with Crippen LogP contribution in [0.25, 0.3) is 0 Å². The Morgan fingerprint density at radius 2 is 1.89 bits per heavy atom. The van der Waals surface area contributed by atoms with Crippen molar-refractivity contribution in [3.8, 4) is 0 Å². The molecule has 3 N–H and O–H groups in total. The van der Waals surface area contributed by atoms with Gasteiger partial charge in [-0.15, -0.1) is 0 Å². The van der Waals surface area contributed by atoms with E-state index in [0.29, 0.717) is 15.8 Å². The van der Waals surface area contributed by atoms with Crippen LogP contribution in [0.1, 0.15) is 5.56 Å². The normalized spacial score (nSPS) is 11.3. The molecular formula is C13H13BrN2O2S. The van der Waals surface area contributed by atoms with Crippen molar-refractivity contribution in [2.24, 2.45) is 0 Å². The van der Waals surface area contributed by atoms with Gasteiger partial charge in [-0.1, -0.05) is 28.1 Å². The Morgan fingerprint density at radius 1 is 1.16 bits per heavy atom. The summed E-state index contributed by atoms with van der Waals surface area (Å²) in [5.74, 6) is 0. The van der Waals surface area contributed by atoms with Crippen molar-refractivity contribution in [1.82, 2.24) is 0 Å². The fourth-order valence-electron chi connectivity index (χ4n) is 1.60. The van der Waals surface area contributed by atoms with Crippen LogP contribution in [0.2, 0.25) is 0 Å². The maximum absolute atomic E-state index is 12.2. The Morgan fingerprint density at radius 3 is 2.58 bits per heavy atom. The lowest BCUT2D eigenvalue weighted by Gasteiger charge is -2.11. The first-order chi connectivity index (χ1) is 8.88. The minimum atomic E-state index is -3.64. The van der Waals surface area contributed by atoms with Crippen LogP contribution in [0.3, 0.4) is 0 Å². The van der Waals surface area contributed by atoms with Gasteiger partial charge < -0.3 is 5.73 Å². The summed E-state index contributed by atoms with van der Waals surface area (Å²) in [5.41, 5.74) is 7.48. The fourth-order valence-corrected chi connectivity index (χ4v) is 3.27. The van der Waals surface area contributed by atoms with Crippen molar-refractivity contribution >= 4 is 37.3 Å². The quantitative estimate of drug-likeness (QED) is 0.843. The number of nitrogens with two attached hydrogens (primary N) is 1. The molecule has 0 radical (unpaired) electrons. The van der Waals surface area contributed by atoms with Crippen LogP contribution in [-0.2, 0) is 10.0 Å². The summed E-state index contributed by atoms with van der Waals surface area (Å²) in [7, 11) is -3.64. The van der Waals surface area contributed by atoms with Gasteiger partial charge in [-0.05, 0) is 42.8 Å². The maximum atomic E-state index is 12.2.